The van der Waals surface area contributed by atoms with E-state index in [1.807, 2.05) is 0 Å². The molecule has 10 heteroatoms. The summed E-state index contributed by atoms with van der Waals surface area (Å²) in [6.07, 6.45) is -4.51. The lowest BCUT2D eigenvalue weighted by Crippen LogP contribution is -2.34. The molecule has 0 radical (unpaired) electrons. The fourth-order valence-corrected chi connectivity index (χ4v) is 0.316. The third-order valence-corrected chi connectivity index (χ3v) is 0.593. The molecule has 0 fully saturated rings. The zero-order valence-electron chi connectivity index (χ0n) is 5.72. The minimum Gasteiger partial charge on any atom is -0.442 e. The minimum atomic E-state index is -5.23. The summed E-state index contributed by atoms with van der Waals surface area (Å²) in [5.41, 5.74) is 0. The average molecular weight is 205 g/mol. The summed E-state index contributed by atoms with van der Waals surface area (Å²) in [5.74, 6) is 0. The van der Waals surface area contributed by atoms with Crippen LogP contribution in [0.4, 0.5) is 22.0 Å². The Morgan fingerprint density at radius 3 is 2.15 bits per heavy atom. The molecule has 0 bridgehead atoms. The van der Waals surface area contributed by atoms with Gasteiger partial charge in [0.25, 0.3) is 6.26 Å². The number of nitrogens with zero attached hydrogens (tertiary/aromatic N) is 1. The fourth-order valence-electron chi connectivity index (χ4n) is 0.316. The molecule has 4 nitrogen and oxygen atoms in total. The van der Waals surface area contributed by atoms with Crippen LogP contribution in [0.5, 0.6) is 0 Å². The third-order valence-electron chi connectivity index (χ3n) is 0.593. The van der Waals surface area contributed by atoms with Crippen molar-refractivity contribution in [2.45, 2.75) is 13.0 Å². The van der Waals surface area contributed by atoms with Gasteiger partial charge in [-0.25, -0.2) is 0 Å². The zero-order chi connectivity index (χ0) is 10.5. The van der Waals surface area contributed by atoms with Crippen LogP contribution in [0.15, 0.2) is 0 Å². The molecule has 0 rings (SSSR count). The molecule has 0 aromatic carbocycles. The van der Waals surface area contributed by atoms with Crippen LogP contribution in [-0.2, 0) is 14.0 Å². The van der Waals surface area contributed by atoms with Gasteiger partial charge < -0.3 is 9.31 Å². The molecule has 0 amide bonds. The summed E-state index contributed by atoms with van der Waals surface area (Å²) < 4.78 is 66.1. The predicted octanol–water partition coefficient (Wildman–Crippen LogP) is 1.24. The molecule has 74 valence electrons. The Hall–Kier alpha value is -1.08. The number of hydrogen-bond donors (Lipinski definition) is 0. The zero-order valence-corrected chi connectivity index (χ0v) is 5.72. The van der Waals surface area contributed by atoms with Gasteiger partial charge in [0.05, 0.1) is 0 Å². The molecule has 13 heavy (non-hydrogen) atoms. The van der Waals surface area contributed by atoms with Gasteiger partial charge in [0.15, 0.2) is 0 Å². The Morgan fingerprint density at radius 1 is 1.31 bits per heavy atom. The van der Waals surface area contributed by atoms with Crippen molar-refractivity contribution < 1.29 is 35.9 Å². The Balaban J connectivity index is 4.03. The van der Waals surface area contributed by atoms with Gasteiger partial charge in [-0.2, -0.15) is 14.0 Å². The van der Waals surface area contributed by atoms with Crippen molar-refractivity contribution in [3.8, 4) is 6.26 Å². The summed E-state index contributed by atoms with van der Waals surface area (Å²) in [5, 5.41) is 7.70. The van der Waals surface area contributed by atoms with E-state index in [9.17, 15) is 22.0 Å². The van der Waals surface area contributed by atoms with Crippen LogP contribution in [-0.4, -0.2) is 20.3 Å². The Labute approximate surface area is 69.0 Å². The molecule has 0 unspecified atom stereocenters. The van der Waals surface area contributed by atoms with Crippen molar-refractivity contribution in [1.82, 2.24) is 0 Å². The van der Waals surface area contributed by atoms with Crippen LogP contribution < -0.4 is 0 Å². The number of hydrogen-bond acceptors (Lipinski definition) is 4. The fraction of sp³-hybridized carbons (Fsp3) is 0.667. The largest absolute Gasteiger partial charge is 0.733 e. The maximum absolute atomic E-state index is 11.3. The van der Waals surface area contributed by atoms with E-state index >= 15 is 0 Å². The third kappa shape index (κ3) is 7.29. The van der Waals surface area contributed by atoms with E-state index in [2.05, 4.69) is 14.0 Å². The second kappa shape index (κ2) is 4.83. The van der Waals surface area contributed by atoms with Crippen LogP contribution in [0.2, 0.25) is 0 Å². The molecule has 0 N–H and O–H groups in total. The summed E-state index contributed by atoms with van der Waals surface area (Å²) in [6, 6.07) is 0. The van der Waals surface area contributed by atoms with Gasteiger partial charge in [-0.15, -0.1) is 13.2 Å². The van der Waals surface area contributed by atoms with Crippen molar-refractivity contribution in [3.63, 3.8) is 0 Å². The van der Waals surface area contributed by atoms with E-state index < -0.39 is 20.3 Å². The van der Waals surface area contributed by atoms with Crippen molar-refractivity contribution in [3.05, 3.63) is 0 Å². The number of rotatable bonds is 4. The van der Waals surface area contributed by atoms with Crippen LogP contribution in [0.1, 0.15) is 0 Å². The van der Waals surface area contributed by atoms with Crippen molar-refractivity contribution in [2.24, 2.45) is 0 Å². The Morgan fingerprint density at radius 2 is 1.85 bits per heavy atom. The van der Waals surface area contributed by atoms with Crippen molar-refractivity contribution in [1.29, 1.82) is 5.26 Å². The molecule has 0 heterocycles. The molecule has 0 spiro atoms. The minimum absolute atomic E-state index is 0.712. The topological polar surface area (TPSA) is 51.5 Å². The number of nitriles is 1. The highest BCUT2D eigenvalue weighted by Gasteiger charge is 2.42. The highest BCUT2D eigenvalue weighted by molar-refractivity contribution is 6.36. The maximum atomic E-state index is 11.3. The average Bonchev–Trinajstić information content (AvgIpc) is 1.81. The Kier molecular flexibility index (Phi) is 4.43. The molecular formula is C3HBF5NO3. The first-order valence-electron chi connectivity index (χ1n) is 2.58. The molecular weight excluding hydrogens is 204 g/mol. The van der Waals surface area contributed by atoms with Gasteiger partial charge in [-0.3, -0.25) is 4.65 Å². The summed E-state index contributed by atoms with van der Waals surface area (Å²) in [6.45, 7) is -3.54. The monoisotopic (exact) mass is 205 g/mol. The summed E-state index contributed by atoms with van der Waals surface area (Å²) in [4.78, 5) is 0. The molecule has 0 saturated carbocycles. The summed E-state index contributed by atoms with van der Waals surface area (Å²) >= 11 is 0. The smallest absolute Gasteiger partial charge is 0.442 e. The van der Waals surface area contributed by atoms with Crippen molar-refractivity contribution in [2.75, 3.05) is 0 Å². The molecule has 0 saturated heterocycles. The van der Waals surface area contributed by atoms with E-state index in [1.165, 1.54) is 0 Å². The SMILES string of the molecule is N#COB(OC(F)F)OC(F)(F)F. The lowest BCUT2D eigenvalue weighted by atomic mass is 10.2. The van der Waals surface area contributed by atoms with Crippen LogP contribution in [0.25, 0.3) is 0 Å². The first-order valence-corrected chi connectivity index (χ1v) is 2.58. The molecule has 0 aliphatic heterocycles. The van der Waals surface area contributed by atoms with Crippen molar-refractivity contribution >= 4 is 7.32 Å². The second-order valence-electron chi connectivity index (χ2n) is 1.46. The van der Waals surface area contributed by atoms with Crippen LogP contribution in [0.3, 0.4) is 0 Å². The number of alkyl halides is 5. The van der Waals surface area contributed by atoms with E-state index in [0.29, 0.717) is 6.26 Å². The summed E-state index contributed by atoms with van der Waals surface area (Å²) in [7, 11) is -2.79. The second-order valence-corrected chi connectivity index (χ2v) is 1.46. The molecule has 0 aromatic heterocycles. The highest BCUT2D eigenvalue weighted by Crippen LogP contribution is 2.18. The quantitative estimate of drug-likeness (QED) is 0.393. The van der Waals surface area contributed by atoms with Gasteiger partial charge in [-0.1, -0.05) is 0 Å². The first-order chi connectivity index (χ1) is 5.85. The van der Waals surface area contributed by atoms with E-state index in [4.69, 9.17) is 5.26 Å². The molecule has 0 aliphatic carbocycles. The lowest BCUT2D eigenvalue weighted by Gasteiger charge is -2.11. The molecule has 0 atom stereocenters. The van der Waals surface area contributed by atoms with Crippen LogP contribution >= 0.6 is 0 Å². The predicted molar refractivity (Wildman–Crippen MR) is 26.7 cm³/mol. The van der Waals surface area contributed by atoms with Crippen LogP contribution in [0, 0.1) is 11.5 Å². The maximum Gasteiger partial charge on any atom is 0.733 e. The van der Waals surface area contributed by atoms with E-state index in [0.717, 1.165) is 0 Å². The molecule has 0 aromatic rings. The highest BCUT2D eigenvalue weighted by atomic mass is 19.4. The lowest BCUT2D eigenvalue weighted by molar-refractivity contribution is -0.294. The molecule has 0 aliphatic rings. The van der Waals surface area contributed by atoms with E-state index in [-0.39, 0.29) is 0 Å². The van der Waals surface area contributed by atoms with Gasteiger partial charge in [-0.05, 0) is 0 Å². The van der Waals surface area contributed by atoms with E-state index in [1.54, 1.807) is 0 Å². The Bertz CT molecular complexity index is 190. The first kappa shape index (κ1) is 11.9. The normalized spacial score (nSPS) is 11.2. The van der Waals surface area contributed by atoms with Gasteiger partial charge in [0.1, 0.15) is 0 Å². The number of halogens is 5. The van der Waals surface area contributed by atoms with Gasteiger partial charge >= 0.3 is 20.3 Å². The van der Waals surface area contributed by atoms with Gasteiger partial charge in [0.2, 0.25) is 0 Å². The van der Waals surface area contributed by atoms with Gasteiger partial charge in [0, 0.05) is 0 Å². The standard InChI is InChI=1S/C3HBF5NO3/c5-2(6)12-4(11-1-10)13-3(7,8)9/h2H.